The monoisotopic (exact) mass is 387 g/mol. The minimum atomic E-state index is -0.936. The van der Waals surface area contributed by atoms with Crippen molar-refractivity contribution in [3.63, 3.8) is 0 Å². The topological polar surface area (TPSA) is 107 Å². The Morgan fingerprint density at radius 3 is 2.18 bits per heavy atom. The molecule has 0 saturated heterocycles. The van der Waals surface area contributed by atoms with Gasteiger partial charge in [-0.2, -0.15) is 5.10 Å². The molecule has 28 heavy (non-hydrogen) atoms. The molecule has 9 heteroatoms. The molecule has 0 unspecified atom stereocenters. The first-order valence-electron chi connectivity index (χ1n) is 8.10. The van der Waals surface area contributed by atoms with E-state index in [1.54, 1.807) is 36.4 Å². The van der Waals surface area contributed by atoms with Gasteiger partial charge in [0.2, 0.25) is 0 Å². The summed E-state index contributed by atoms with van der Waals surface area (Å²) < 4.78 is 20.6. The maximum Gasteiger partial charge on any atom is 0.329 e. The van der Waals surface area contributed by atoms with Gasteiger partial charge in [0, 0.05) is 6.07 Å². The zero-order valence-corrected chi connectivity index (χ0v) is 15.9. The smallest absolute Gasteiger partial charge is 0.329 e. The summed E-state index contributed by atoms with van der Waals surface area (Å²) in [5, 5.41) is 6.22. The van der Waals surface area contributed by atoms with Crippen LogP contribution in [0.25, 0.3) is 0 Å². The Morgan fingerprint density at radius 1 is 0.821 bits per heavy atom. The van der Waals surface area contributed by atoms with Crippen LogP contribution < -0.4 is 29.7 Å². The highest BCUT2D eigenvalue weighted by Gasteiger charge is 2.15. The van der Waals surface area contributed by atoms with Gasteiger partial charge in [-0.25, -0.2) is 5.43 Å². The highest BCUT2D eigenvalue weighted by molar-refractivity contribution is 6.39. The number of amides is 2. The van der Waals surface area contributed by atoms with Crippen LogP contribution in [0.4, 0.5) is 5.69 Å². The molecule has 0 bridgehead atoms. The number of ether oxygens (including phenoxy) is 4. The normalized spacial score (nSPS) is 10.3. The molecule has 0 fully saturated rings. The Balaban J connectivity index is 1.99. The highest BCUT2D eigenvalue weighted by Crippen LogP contribution is 2.29. The van der Waals surface area contributed by atoms with E-state index in [2.05, 4.69) is 15.8 Å². The molecule has 0 atom stereocenters. The van der Waals surface area contributed by atoms with Crippen LogP contribution >= 0.6 is 0 Å². The van der Waals surface area contributed by atoms with Crippen molar-refractivity contribution in [3.8, 4) is 23.0 Å². The standard InChI is InChI=1S/C19H21N3O6/c1-25-13-6-7-14(16(10-13)27-3)21-18(23)19(24)22-20-11-12-5-8-15(26-2)17(9-12)28-4/h5-11H,1-4H3,(H,21,23)(H,22,24). The summed E-state index contributed by atoms with van der Waals surface area (Å²) in [6, 6.07) is 9.88. The first-order valence-corrected chi connectivity index (χ1v) is 8.10. The molecule has 0 aliphatic rings. The van der Waals surface area contributed by atoms with Gasteiger partial charge in [-0.1, -0.05) is 0 Å². The van der Waals surface area contributed by atoms with Gasteiger partial charge in [0.15, 0.2) is 11.5 Å². The number of nitrogens with one attached hydrogen (secondary N) is 2. The molecule has 0 aliphatic carbocycles. The molecule has 148 valence electrons. The van der Waals surface area contributed by atoms with Crippen molar-refractivity contribution in [1.82, 2.24) is 5.43 Å². The van der Waals surface area contributed by atoms with Crippen LogP contribution in [0.3, 0.4) is 0 Å². The number of anilines is 1. The summed E-state index contributed by atoms with van der Waals surface area (Å²) in [6.07, 6.45) is 1.38. The number of hydrazone groups is 1. The van der Waals surface area contributed by atoms with Crippen molar-refractivity contribution in [3.05, 3.63) is 42.0 Å². The maximum atomic E-state index is 12.0. The van der Waals surface area contributed by atoms with Crippen LogP contribution in [0.15, 0.2) is 41.5 Å². The van der Waals surface area contributed by atoms with Crippen molar-refractivity contribution >= 4 is 23.7 Å². The Bertz CT molecular complexity index is 882. The van der Waals surface area contributed by atoms with Gasteiger partial charge in [-0.05, 0) is 35.9 Å². The van der Waals surface area contributed by atoms with Crippen molar-refractivity contribution < 1.29 is 28.5 Å². The third-order valence-corrected chi connectivity index (χ3v) is 3.65. The van der Waals surface area contributed by atoms with Crippen LogP contribution in [-0.2, 0) is 9.59 Å². The van der Waals surface area contributed by atoms with E-state index in [9.17, 15) is 9.59 Å². The van der Waals surface area contributed by atoms with Crippen LogP contribution in [0.1, 0.15) is 5.56 Å². The fourth-order valence-corrected chi connectivity index (χ4v) is 2.23. The first kappa shape index (κ1) is 20.6. The number of carbonyl (C=O) groups is 2. The zero-order valence-electron chi connectivity index (χ0n) is 15.9. The number of methoxy groups -OCH3 is 4. The van der Waals surface area contributed by atoms with E-state index in [1.165, 1.54) is 34.7 Å². The number of hydrogen-bond acceptors (Lipinski definition) is 7. The third kappa shape index (κ3) is 5.13. The SMILES string of the molecule is COc1ccc(NC(=O)C(=O)NN=Cc2ccc(OC)c(OC)c2)c(OC)c1. The van der Waals surface area contributed by atoms with Crippen molar-refractivity contribution in [2.45, 2.75) is 0 Å². The lowest BCUT2D eigenvalue weighted by atomic mass is 10.2. The summed E-state index contributed by atoms with van der Waals surface area (Å²) in [4.78, 5) is 24.0. The molecular weight excluding hydrogens is 366 g/mol. The first-order chi connectivity index (χ1) is 13.5. The highest BCUT2D eigenvalue weighted by atomic mass is 16.5. The Kier molecular flexibility index (Phi) is 7.21. The summed E-state index contributed by atoms with van der Waals surface area (Å²) in [5.74, 6) is 0.161. The molecule has 2 aromatic carbocycles. The summed E-state index contributed by atoms with van der Waals surface area (Å²) in [6.45, 7) is 0. The molecule has 2 N–H and O–H groups in total. The molecule has 2 amide bonds. The Morgan fingerprint density at radius 2 is 1.54 bits per heavy atom. The summed E-state index contributed by atoms with van der Waals surface area (Å²) >= 11 is 0. The maximum absolute atomic E-state index is 12.0. The van der Waals surface area contributed by atoms with Crippen molar-refractivity contribution in [1.29, 1.82) is 0 Å². The van der Waals surface area contributed by atoms with Crippen molar-refractivity contribution in [2.75, 3.05) is 33.8 Å². The predicted octanol–water partition coefficient (Wildman–Crippen LogP) is 1.81. The molecule has 0 heterocycles. The molecule has 0 saturated carbocycles. The van der Waals surface area contributed by atoms with Gasteiger partial charge in [0.1, 0.15) is 11.5 Å². The van der Waals surface area contributed by atoms with E-state index in [4.69, 9.17) is 18.9 Å². The fraction of sp³-hybridized carbons (Fsp3) is 0.211. The van der Waals surface area contributed by atoms with E-state index >= 15 is 0 Å². The molecule has 0 aromatic heterocycles. The average molecular weight is 387 g/mol. The molecule has 9 nitrogen and oxygen atoms in total. The van der Waals surface area contributed by atoms with E-state index in [-0.39, 0.29) is 0 Å². The molecule has 0 radical (unpaired) electrons. The van der Waals surface area contributed by atoms with Crippen LogP contribution in [0.5, 0.6) is 23.0 Å². The van der Waals surface area contributed by atoms with E-state index < -0.39 is 11.8 Å². The number of carbonyl (C=O) groups excluding carboxylic acids is 2. The van der Waals surface area contributed by atoms with Gasteiger partial charge in [-0.3, -0.25) is 9.59 Å². The van der Waals surface area contributed by atoms with Gasteiger partial charge in [0.05, 0.1) is 40.3 Å². The second-order valence-electron chi connectivity index (χ2n) is 5.33. The quantitative estimate of drug-likeness (QED) is 0.426. The van der Waals surface area contributed by atoms with E-state index in [0.717, 1.165) is 0 Å². The largest absolute Gasteiger partial charge is 0.497 e. The van der Waals surface area contributed by atoms with Crippen LogP contribution in [0.2, 0.25) is 0 Å². The minimum absolute atomic E-state index is 0.326. The Labute approximate surface area is 162 Å². The lowest BCUT2D eigenvalue weighted by Gasteiger charge is -2.11. The summed E-state index contributed by atoms with van der Waals surface area (Å²) in [5.41, 5.74) is 3.13. The van der Waals surface area contributed by atoms with Gasteiger partial charge < -0.3 is 24.3 Å². The summed E-state index contributed by atoms with van der Waals surface area (Å²) in [7, 11) is 6.00. The number of rotatable bonds is 7. The molecule has 0 aliphatic heterocycles. The van der Waals surface area contributed by atoms with Gasteiger partial charge in [0.25, 0.3) is 0 Å². The van der Waals surface area contributed by atoms with Crippen molar-refractivity contribution in [2.24, 2.45) is 5.10 Å². The number of nitrogens with zero attached hydrogens (tertiary/aromatic N) is 1. The average Bonchev–Trinajstić information content (AvgIpc) is 2.73. The van der Waals surface area contributed by atoms with Gasteiger partial charge >= 0.3 is 11.8 Å². The fourth-order valence-electron chi connectivity index (χ4n) is 2.23. The lowest BCUT2D eigenvalue weighted by molar-refractivity contribution is -0.136. The lowest BCUT2D eigenvalue weighted by Crippen LogP contribution is -2.32. The van der Waals surface area contributed by atoms with E-state index in [0.29, 0.717) is 34.2 Å². The number of benzene rings is 2. The Hall–Kier alpha value is -3.75. The molecule has 2 aromatic rings. The second-order valence-corrected chi connectivity index (χ2v) is 5.33. The van der Waals surface area contributed by atoms with E-state index in [1.807, 2.05) is 0 Å². The predicted molar refractivity (Wildman–Crippen MR) is 103 cm³/mol. The zero-order chi connectivity index (χ0) is 20.5. The molecule has 2 rings (SSSR count). The number of hydrogen-bond donors (Lipinski definition) is 2. The molecule has 0 spiro atoms. The minimum Gasteiger partial charge on any atom is -0.497 e. The van der Waals surface area contributed by atoms with Crippen LogP contribution in [0, 0.1) is 0 Å². The molecular formula is C19H21N3O6. The van der Waals surface area contributed by atoms with Crippen LogP contribution in [-0.4, -0.2) is 46.5 Å². The second kappa shape index (κ2) is 9.81. The van der Waals surface area contributed by atoms with Gasteiger partial charge in [-0.15, -0.1) is 0 Å². The third-order valence-electron chi connectivity index (χ3n) is 3.65.